The molecule has 1 amide bonds. The van der Waals surface area contributed by atoms with Crippen molar-refractivity contribution < 1.29 is 14.3 Å². The summed E-state index contributed by atoms with van der Waals surface area (Å²) in [4.78, 5) is 11.8. The summed E-state index contributed by atoms with van der Waals surface area (Å²) in [6, 6.07) is 7.36. The summed E-state index contributed by atoms with van der Waals surface area (Å²) in [6.07, 6.45) is 6.74. The highest BCUT2D eigenvalue weighted by Crippen LogP contribution is 2.36. The summed E-state index contributed by atoms with van der Waals surface area (Å²) in [7, 11) is 0. The number of hydrogen-bond donors (Lipinski definition) is 1. The average Bonchev–Trinajstić information content (AvgIpc) is 3.14. The Balaban J connectivity index is 1.88. The fourth-order valence-corrected chi connectivity index (χ4v) is 1.87. The quantitative estimate of drug-likeness (QED) is 0.866. The van der Waals surface area contributed by atoms with E-state index in [-0.39, 0.29) is 5.54 Å². The second-order valence-corrected chi connectivity index (χ2v) is 6.37. The highest BCUT2D eigenvalue weighted by Gasteiger charge is 2.46. The van der Waals surface area contributed by atoms with E-state index in [0.717, 1.165) is 18.4 Å². The lowest BCUT2D eigenvalue weighted by molar-refractivity contribution is 0.0477. The summed E-state index contributed by atoms with van der Waals surface area (Å²) >= 11 is 0. The van der Waals surface area contributed by atoms with Crippen molar-refractivity contribution in [3.8, 4) is 18.1 Å². The number of nitrogens with one attached hydrogen (secondary N) is 1. The maximum atomic E-state index is 11.8. The van der Waals surface area contributed by atoms with Gasteiger partial charge in [0.25, 0.3) is 0 Å². The van der Waals surface area contributed by atoms with E-state index >= 15 is 0 Å². The number of amides is 1. The Kier molecular flexibility index (Phi) is 4.13. The van der Waals surface area contributed by atoms with E-state index in [1.807, 2.05) is 45.0 Å². The second-order valence-electron chi connectivity index (χ2n) is 6.37. The summed E-state index contributed by atoms with van der Waals surface area (Å²) in [6.45, 7) is 5.94. The normalized spacial score (nSPS) is 15.7. The number of rotatable bonds is 4. The van der Waals surface area contributed by atoms with E-state index in [0.29, 0.717) is 12.4 Å². The minimum atomic E-state index is -0.498. The highest BCUT2D eigenvalue weighted by molar-refractivity contribution is 5.69. The molecule has 4 nitrogen and oxygen atoms in total. The first kappa shape index (κ1) is 15.2. The van der Waals surface area contributed by atoms with Crippen LogP contribution < -0.4 is 10.1 Å². The van der Waals surface area contributed by atoms with Crippen LogP contribution in [0.5, 0.6) is 5.75 Å². The molecular weight excluding hydrogens is 266 g/mol. The van der Waals surface area contributed by atoms with Crippen LogP contribution in [0.3, 0.4) is 0 Å². The van der Waals surface area contributed by atoms with Gasteiger partial charge in [0, 0.05) is 5.56 Å². The lowest BCUT2D eigenvalue weighted by atomic mass is 10.2. The molecule has 0 spiro atoms. The van der Waals surface area contributed by atoms with Crippen LogP contribution in [0.1, 0.15) is 39.2 Å². The molecule has 0 heterocycles. The Labute approximate surface area is 125 Å². The molecule has 0 saturated heterocycles. The monoisotopic (exact) mass is 287 g/mol. The van der Waals surface area contributed by atoms with Gasteiger partial charge in [0.1, 0.15) is 18.0 Å². The molecule has 0 unspecified atom stereocenters. The van der Waals surface area contributed by atoms with Gasteiger partial charge in [-0.05, 0) is 51.8 Å². The molecule has 0 atom stereocenters. The van der Waals surface area contributed by atoms with Gasteiger partial charge < -0.3 is 14.8 Å². The van der Waals surface area contributed by atoms with Gasteiger partial charge >= 0.3 is 6.09 Å². The molecule has 0 radical (unpaired) electrons. The Bertz CT molecular complexity index is 562. The summed E-state index contributed by atoms with van der Waals surface area (Å²) < 4.78 is 11.0. The summed E-state index contributed by atoms with van der Waals surface area (Å²) in [5.41, 5.74) is -0.0335. The first-order valence-corrected chi connectivity index (χ1v) is 7.03. The first-order chi connectivity index (χ1) is 9.82. The number of benzene rings is 1. The standard InChI is InChI=1S/C17H21NO3/c1-5-13-7-6-8-14(11-13)20-12-17(9-10-17)18-15(19)21-16(2,3)4/h1,6-8,11H,9-10,12H2,2-4H3,(H,18,19). The maximum Gasteiger partial charge on any atom is 0.408 e. The Morgan fingerprint density at radius 3 is 2.71 bits per heavy atom. The van der Waals surface area contributed by atoms with Crippen molar-refractivity contribution in [2.45, 2.75) is 44.8 Å². The largest absolute Gasteiger partial charge is 0.491 e. The zero-order chi connectivity index (χ0) is 15.5. The van der Waals surface area contributed by atoms with Crippen molar-refractivity contribution in [1.82, 2.24) is 5.32 Å². The van der Waals surface area contributed by atoms with Gasteiger partial charge in [0.05, 0.1) is 5.54 Å². The molecule has 1 aliphatic rings. The van der Waals surface area contributed by atoms with Crippen molar-refractivity contribution >= 4 is 6.09 Å². The van der Waals surface area contributed by atoms with Crippen molar-refractivity contribution in [3.05, 3.63) is 29.8 Å². The third-order valence-electron chi connectivity index (χ3n) is 3.14. The number of carbonyl (C=O) groups is 1. The van der Waals surface area contributed by atoms with Gasteiger partial charge in [0.15, 0.2) is 0 Å². The zero-order valence-electron chi connectivity index (χ0n) is 12.7. The van der Waals surface area contributed by atoms with Crippen LogP contribution in [0.15, 0.2) is 24.3 Å². The molecule has 21 heavy (non-hydrogen) atoms. The third-order valence-corrected chi connectivity index (χ3v) is 3.14. The third kappa shape index (κ3) is 4.71. The van der Waals surface area contributed by atoms with Gasteiger partial charge in [0.2, 0.25) is 0 Å². The highest BCUT2D eigenvalue weighted by atomic mass is 16.6. The summed E-state index contributed by atoms with van der Waals surface area (Å²) in [5.74, 6) is 3.28. The van der Waals surface area contributed by atoms with Crippen LogP contribution in [0.2, 0.25) is 0 Å². The topological polar surface area (TPSA) is 47.6 Å². The van der Waals surface area contributed by atoms with Gasteiger partial charge in [-0.2, -0.15) is 0 Å². The molecule has 0 aromatic heterocycles. The van der Waals surface area contributed by atoms with E-state index in [1.54, 1.807) is 0 Å². The van der Waals surface area contributed by atoms with Gasteiger partial charge in [-0.1, -0.05) is 12.0 Å². The molecule has 1 aliphatic carbocycles. The van der Waals surface area contributed by atoms with E-state index < -0.39 is 11.7 Å². The molecule has 4 heteroatoms. The Morgan fingerprint density at radius 1 is 1.43 bits per heavy atom. The molecule has 0 bridgehead atoms. The van der Waals surface area contributed by atoms with Crippen LogP contribution in [-0.2, 0) is 4.74 Å². The zero-order valence-corrected chi connectivity index (χ0v) is 12.7. The number of ether oxygens (including phenoxy) is 2. The van der Waals surface area contributed by atoms with E-state index in [2.05, 4.69) is 11.2 Å². The molecule has 1 aromatic rings. The Morgan fingerprint density at radius 2 is 2.14 bits per heavy atom. The van der Waals surface area contributed by atoms with E-state index in [4.69, 9.17) is 15.9 Å². The lowest BCUT2D eigenvalue weighted by Crippen LogP contribution is -2.44. The molecular formula is C17H21NO3. The van der Waals surface area contributed by atoms with Crippen molar-refractivity contribution in [3.63, 3.8) is 0 Å². The number of hydrogen-bond acceptors (Lipinski definition) is 3. The molecule has 1 aromatic carbocycles. The molecule has 0 aliphatic heterocycles. The van der Waals surface area contributed by atoms with Crippen LogP contribution in [0.4, 0.5) is 4.79 Å². The number of carbonyl (C=O) groups excluding carboxylic acids is 1. The average molecular weight is 287 g/mol. The summed E-state index contributed by atoms with van der Waals surface area (Å²) in [5, 5.41) is 2.90. The first-order valence-electron chi connectivity index (χ1n) is 7.03. The maximum absolute atomic E-state index is 11.8. The fraction of sp³-hybridized carbons (Fsp3) is 0.471. The SMILES string of the molecule is C#Cc1cccc(OCC2(NC(=O)OC(C)(C)C)CC2)c1. The van der Waals surface area contributed by atoms with Crippen LogP contribution in [0.25, 0.3) is 0 Å². The second kappa shape index (κ2) is 5.69. The minimum absolute atomic E-state index is 0.311. The minimum Gasteiger partial charge on any atom is -0.491 e. The van der Waals surface area contributed by atoms with Gasteiger partial charge in [-0.3, -0.25) is 0 Å². The molecule has 1 fully saturated rings. The fourth-order valence-electron chi connectivity index (χ4n) is 1.87. The Hall–Kier alpha value is -2.15. The van der Waals surface area contributed by atoms with Gasteiger partial charge in [-0.25, -0.2) is 4.79 Å². The smallest absolute Gasteiger partial charge is 0.408 e. The van der Waals surface area contributed by atoms with Crippen LogP contribution >= 0.6 is 0 Å². The van der Waals surface area contributed by atoms with Crippen LogP contribution in [-0.4, -0.2) is 23.8 Å². The van der Waals surface area contributed by atoms with Crippen molar-refractivity contribution in [2.24, 2.45) is 0 Å². The predicted octanol–water partition coefficient (Wildman–Crippen LogP) is 3.10. The number of alkyl carbamates (subject to hydrolysis) is 1. The molecule has 1 saturated carbocycles. The van der Waals surface area contributed by atoms with Crippen molar-refractivity contribution in [1.29, 1.82) is 0 Å². The lowest BCUT2D eigenvalue weighted by Gasteiger charge is -2.23. The van der Waals surface area contributed by atoms with Gasteiger partial charge in [-0.15, -0.1) is 6.42 Å². The van der Waals surface area contributed by atoms with Crippen molar-refractivity contribution in [2.75, 3.05) is 6.61 Å². The molecule has 2 rings (SSSR count). The van der Waals surface area contributed by atoms with E-state index in [1.165, 1.54) is 0 Å². The molecule has 112 valence electrons. The predicted molar refractivity (Wildman–Crippen MR) is 81.2 cm³/mol. The number of terminal acetylenes is 1. The van der Waals surface area contributed by atoms with Crippen LogP contribution in [0, 0.1) is 12.3 Å². The van der Waals surface area contributed by atoms with E-state index in [9.17, 15) is 4.79 Å². The molecule has 1 N–H and O–H groups in total.